The van der Waals surface area contributed by atoms with Crippen molar-refractivity contribution in [3.05, 3.63) is 41.5 Å². The minimum Gasteiger partial charge on any atom is -0.439 e. The summed E-state index contributed by atoms with van der Waals surface area (Å²) in [7, 11) is 0. The third-order valence-corrected chi connectivity index (χ3v) is 3.36. The molecule has 96 valence electrons. The van der Waals surface area contributed by atoms with Crippen LogP contribution in [0.3, 0.4) is 0 Å². The largest absolute Gasteiger partial charge is 0.439 e. The van der Waals surface area contributed by atoms with Crippen LogP contribution in [0.4, 0.5) is 4.39 Å². The second-order valence-corrected chi connectivity index (χ2v) is 4.88. The molecule has 5 heteroatoms. The summed E-state index contributed by atoms with van der Waals surface area (Å²) in [6.45, 7) is 5.37. The van der Waals surface area contributed by atoms with Gasteiger partial charge in [-0.2, -0.15) is 0 Å². The van der Waals surface area contributed by atoms with Gasteiger partial charge in [0.2, 0.25) is 0 Å². The first-order valence-electron chi connectivity index (χ1n) is 5.78. The van der Waals surface area contributed by atoms with Crippen molar-refractivity contribution in [2.24, 2.45) is 0 Å². The first-order chi connectivity index (χ1) is 8.69. The Morgan fingerprint density at radius 1 is 1.44 bits per heavy atom. The molecule has 0 unspecified atom stereocenters. The van der Waals surface area contributed by atoms with E-state index in [0.717, 1.165) is 22.7 Å². The summed E-state index contributed by atoms with van der Waals surface area (Å²) < 4.78 is 18.5. The fourth-order valence-corrected chi connectivity index (χ4v) is 2.39. The van der Waals surface area contributed by atoms with Crippen LogP contribution in [-0.4, -0.2) is 11.5 Å². The molecular formula is C13H15FN2OS. The summed E-state index contributed by atoms with van der Waals surface area (Å²) in [4.78, 5) is 5.19. The van der Waals surface area contributed by atoms with Crippen LogP contribution in [0.2, 0.25) is 0 Å². The molecule has 0 amide bonds. The van der Waals surface area contributed by atoms with Crippen molar-refractivity contribution in [2.75, 3.05) is 6.54 Å². The maximum atomic E-state index is 13.2. The molecule has 3 nitrogen and oxygen atoms in total. The van der Waals surface area contributed by atoms with Crippen molar-refractivity contribution >= 4 is 11.8 Å². The zero-order valence-corrected chi connectivity index (χ0v) is 11.2. The number of aryl methyl sites for hydroxylation is 1. The van der Waals surface area contributed by atoms with Gasteiger partial charge in [-0.3, -0.25) is 0 Å². The van der Waals surface area contributed by atoms with Crippen molar-refractivity contribution in [1.82, 2.24) is 10.3 Å². The van der Waals surface area contributed by atoms with Crippen LogP contribution < -0.4 is 5.32 Å². The standard InChI is InChI=1S/C13H15FN2OS/c1-3-15-7-10-6-11(14)4-5-12(10)18-13-16-9(2)8-17-13/h4-6,8,15H,3,7H2,1-2H3. The number of hydrogen-bond donors (Lipinski definition) is 1. The molecule has 1 heterocycles. The van der Waals surface area contributed by atoms with E-state index < -0.39 is 0 Å². The van der Waals surface area contributed by atoms with E-state index in [1.807, 2.05) is 13.8 Å². The van der Waals surface area contributed by atoms with Gasteiger partial charge in [0, 0.05) is 11.4 Å². The van der Waals surface area contributed by atoms with Crippen molar-refractivity contribution in [2.45, 2.75) is 30.5 Å². The molecule has 2 aromatic rings. The minimum atomic E-state index is -0.226. The zero-order valence-electron chi connectivity index (χ0n) is 10.4. The Labute approximate surface area is 110 Å². The van der Waals surface area contributed by atoms with Crippen LogP contribution in [0, 0.1) is 12.7 Å². The highest BCUT2D eigenvalue weighted by molar-refractivity contribution is 7.99. The van der Waals surface area contributed by atoms with Gasteiger partial charge in [-0.15, -0.1) is 0 Å². The Bertz CT molecular complexity index is 527. The van der Waals surface area contributed by atoms with Crippen molar-refractivity contribution in [3.8, 4) is 0 Å². The Hall–Kier alpha value is -1.33. The van der Waals surface area contributed by atoms with Crippen LogP contribution in [-0.2, 0) is 6.54 Å². The number of nitrogens with one attached hydrogen (secondary N) is 1. The monoisotopic (exact) mass is 266 g/mol. The lowest BCUT2D eigenvalue weighted by Gasteiger charge is -2.08. The summed E-state index contributed by atoms with van der Waals surface area (Å²) in [6, 6.07) is 4.75. The third-order valence-electron chi connectivity index (χ3n) is 2.38. The number of benzene rings is 1. The summed E-state index contributed by atoms with van der Waals surface area (Å²) >= 11 is 1.41. The van der Waals surface area contributed by atoms with E-state index in [2.05, 4.69) is 10.3 Å². The molecule has 0 saturated carbocycles. The molecule has 1 N–H and O–H groups in total. The Morgan fingerprint density at radius 2 is 2.28 bits per heavy atom. The number of oxazole rings is 1. The highest BCUT2D eigenvalue weighted by Gasteiger charge is 2.09. The first kappa shape index (κ1) is 13.1. The van der Waals surface area contributed by atoms with E-state index in [9.17, 15) is 4.39 Å². The van der Waals surface area contributed by atoms with E-state index in [-0.39, 0.29) is 5.82 Å². The van der Waals surface area contributed by atoms with E-state index in [1.165, 1.54) is 17.8 Å². The highest BCUT2D eigenvalue weighted by atomic mass is 32.2. The maximum Gasteiger partial charge on any atom is 0.260 e. The molecule has 0 fully saturated rings. The molecule has 0 radical (unpaired) electrons. The van der Waals surface area contributed by atoms with Gasteiger partial charge < -0.3 is 9.73 Å². The Kier molecular flexibility index (Phi) is 4.38. The van der Waals surface area contributed by atoms with Gasteiger partial charge >= 0.3 is 0 Å². The highest BCUT2D eigenvalue weighted by Crippen LogP contribution is 2.30. The molecule has 0 aliphatic rings. The summed E-state index contributed by atoms with van der Waals surface area (Å²) in [5.41, 5.74) is 1.76. The van der Waals surface area contributed by atoms with Crippen LogP contribution in [0.5, 0.6) is 0 Å². The molecular weight excluding hydrogens is 251 g/mol. The van der Waals surface area contributed by atoms with Gasteiger partial charge in [0.1, 0.15) is 12.1 Å². The van der Waals surface area contributed by atoms with Crippen molar-refractivity contribution < 1.29 is 8.81 Å². The van der Waals surface area contributed by atoms with E-state index >= 15 is 0 Å². The Morgan fingerprint density at radius 3 is 2.94 bits per heavy atom. The minimum absolute atomic E-state index is 0.226. The predicted molar refractivity (Wildman–Crippen MR) is 69.1 cm³/mol. The maximum absolute atomic E-state index is 13.2. The van der Waals surface area contributed by atoms with Gasteiger partial charge in [0.05, 0.1) is 5.69 Å². The fourth-order valence-electron chi connectivity index (χ4n) is 1.52. The Balaban J connectivity index is 2.20. The molecule has 0 atom stereocenters. The molecule has 0 aliphatic carbocycles. The molecule has 0 bridgehead atoms. The molecule has 0 spiro atoms. The first-order valence-corrected chi connectivity index (χ1v) is 6.60. The van der Waals surface area contributed by atoms with Gasteiger partial charge in [0.25, 0.3) is 5.22 Å². The fraction of sp³-hybridized carbons (Fsp3) is 0.308. The SMILES string of the molecule is CCNCc1cc(F)ccc1Sc1nc(C)co1. The van der Waals surface area contributed by atoms with Crippen LogP contribution in [0.1, 0.15) is 18.2 Å². The lowest BCUT2D eigenvalue weighted by molar-refractivity contribution is 0.454. The lowest BCUT2D eigenvalue weighted by Crippen LogP contribution is -2.12. The zero-order chi connectivity index (χ0) is 13.0. The topological polar surface area (TPSA) is 38.1 Å². The lowest BCUT2D eigenvalue weighted by atomic mass is 10.2. The molecule has 18 heavy (non-hydrogen) atoms. The van der Waals surface area contributed by atoms with E-state index in [0.29, 0.717) is 11.8 Å². The molecule has 0 saturated heterocycles. The second kappa shape index (κ2) is 6.02. The second-order valence-electron chi connectivity index (χ2n) is 3.89. The van der Waals surface area contributed by atoms with E-state index in [4.69, 9.17) is 4.42 Å². The summed E-state index contributed by atoms with van der Waals surface area (Å²) in [5.74, 6) is -0.226. The van der Waals surface area contributed by atoms with Crippen LogP contribution >= 0.6 is 11.8 Å². The number of rotatable bonds is 5. The molecule has 0 aliphatic heterocycles. The number of nitrogens with zero attached hydrogens (tertiary/aromatic N) is 1. The number of aromatic nitrogens is 1. The van der Waals surface area contributed by atoms with Gasteiger partial charge in [-0.1, -0.05) is 6.92 Å². The van der Waals surface area contributed by atoms with Crippen molar-refractivity contribution in [3.63, 3.8) is 0 Å². The third kappa shape index (κ3) is 3.34. The van der Waals surface area contributed by atoms with Crippen LogP contribution in [0.15, 0.2) is 39.0 Å². The van der Waals surface area contributed by atoms with Gasteiger partial charge in [-0.05, 0) is 49.0 Å². The van der Waals surface area contributed by atoms with Crippen molar-refractivity contribution in [1.29, 1.82) is 0 Å². The van der Waals surface area contributed by atoms with E-state index in [1.54, 1.807) is 18.4 Å². The van der Waals surface area contributed by atoms with Gasteiger partial charge in [-0.25, -0.2) is 9.37 Å². The quantitative estimate of drug-likeness (QED) is 0.900. The smallest absolute Gasteiger partial charge is 0.260 e. The molecule has 1 aromatic heterocycles. The normalized spacial score (nSPS) is 10.8. The average Bonchev–Trinajstić information content (AvgIpc) is 2.75. The average molecular weight is 266 g/mol. The predicted octanol–water partition coefficient (Wildman–Crippen LogP) is 3.38. The number of halogens is 1. The van der Waals surface area contributed by atoms with Gasteiger partial charge in [0.15, 0.2) is 0 Å². The molecule has 1 aromatic carbocycles. The van der Waals surface area contributed by atoms with Crippen LogP contribution in [0.25, 0.3) is 0 Å². The summed E-state index contributed by atoms with van der Waals surface area (Å²) in [6.07, 6.45) is 1.61. The molecule has 2 rings (SSSR count). The summed E-state index contributed by atoms with van der Waals surface area (Å²) in [5, 5.41) is 3.77. The number of hydrogen-bond acceptors (Lipinski definition) is 4.